The molecule has 0 atom stereocenters. The zero-order valence-corrected chi connectivity index (χ0v) is 17.4. The first-order valence-electron chi connectivity index (χ1n) is 9.57. The van der Waals surface area contributed by atoms with Crippen molar-refractivity contribution in [2.75, 3.05) is 18.6 Å². The van der Waals surface area contributed by atoms with Crippen LogP contribution in [0.3, 0.4) is 0 Å². The first kappa shape index (κ1) is 21.0. The molecule has 0 unspecified atom stereocenters. The molecule has 0 fully saturated rings. The fraction of sp³-hybridized carbons (Fsp3) is 0.208. The van der Waals surface area contributed by atoms with E-state index in [0.717, 1.165) is 11.1 Å². The number of hydrogen-bond acceptors (Lipinski definition) is 5. The van der Waals surface area contributed by atoms with Crippen LogP contribution in [0.15, 0.2) is 65.4 Å². The molecule has 1 aliphatic rings. The molecular formula is C24H23NO5. The highest BCUT2D eigenvalue weighted by Crippen LogP contribution is 2.35. The number of amides is 1. The van der Waals surface area contributed by atoms with Crippen LogP contribution in [0.1, 0.15) is 35.3 Å². The second-order valence-electron chi connectivity index (χ2n) is 6.83. The minimum Gasteiger partial charge on any atom is -0.465 e. The smallest absolute Gasteiger partial charge is 0.340 e. The van der Waals surface area contributed by atoms with E-state index in [-0.39, 0.29) is 23.7 Å². The molecule has 154 valence electrons. The molecule has 2 aromatic carbocycles. The molecule has 0 bridgehead atoms. The predicted octanol–water partition coefficient (Wildman–Crippen LogP) is 4.05. The Labute approximate surface area is 175 Å². The maximum absolute atomic E-state index is 13.3. The van der Waals surface area contributed by atoms with Crippen LogP contribution < -0.4 is 4.90 Å². The summed E-state index contributed by atoms with van der Waals surface area (Å²) in [6.45, 7) is 5.67. The number of anilines is 1. The van der Waals surface area contributed by atoms with Gasteiger partial charge in [0.2, 0.25) is 0 Å². The number of allylic oxidation sites excluding steroid dienone is 1. The minimum atomic E-state index is -0.578. The Morgan fingerprint density at radius 3 is 2.33 bits per heavy atom. The van der Waals surface area contributed by atoms with Crippen molar-refractivity contribution in [3.63, 3.8) is 0 Å². The first-order valence-corrected chi connectivity index (χ1v) is 9.57. The van der Waals surface area contributed by atoms with E-state index in [1.165, 1.54) is 12.0 Å². The van der Waals surface area contributed by atoms with Crippen LogP contribution in [-0.4, -0.2) is 31.6 Å². The lowest BCUT2D eigenvalue weighted by Crippen LogP contribution is -2.24. The van der Waals surface area contributed by atoms with Gasteiger partial charge in [0.15, 0.2) is 0 Å². The van der Waals surface area contributed by atoms with Gasteiger partial charge >= 0.3 is 11.9 Å². The van der Waals surface area contributed by atoms with E-state index in [9.17, 15) is 14.4 Å². The summed E-state index contributed by atoms with van der Waals surface area (Å²) in [4.78, 5) is 39.1. The summed E-state index contributed by atoms with van der Waals surface area (Å²) in [6.07, 6.45) is 1.69. The second-order valence-corrected chi connectivity index (χ2v) is 6.83. The van der Waals surface area contributed by atoms with E-state index in [1.807, 2.05) is 31.2 Å². The Morgan fingerprint density at radius 1 is 1.03 bits per heavy atom. The van der Waals surface area contributed by atoms with Crippen LogP contribution in [0.2, 0.25) is 0 Å². The van der Waals surface area contributed by atoms with Crippen molar-refractivity contribution < 1.29 is 23.9 Å². The van der Waals surface area contributed by atoms with Crippen LogP contribution in [0.25, 0.3) is 6.08 Å². The monoisotopic (exact) mass is 405 g/mol. The van der Waals surface area contributed by atoms with E-state index in [2.05, 4.69) is 0 Å². The number of carbonyl (C=O) groups excluding carboxylic acids is 3. The number of esters is 2. The van der Waals surface area contributed by atoms with Crippen molar-refractivity contribution in [3.8, 4) is 0 Å². The molecule has 6 nitrogen and oxygen atoms in total. The molecule has 0 spiro atoms. The Morgan fingerprint density at radius 2 is 1.73 bits per heavy atom. The van der Waals surface area contributed by atoms with Crippen molar-refractivity contribution in [1.29, 1.82) is 0 Å². The van der Waals surface area contributed by atoms with Gasteiger partial charge in [0.25, 0.3) is 5.91 Å². The standard InChI is InChI=1S/C24H23NO5/c1-5-30-23(27)18-9-11-19(12-10-18)25-16(3)21(24(28)29-4)20(22(25)26)14-17-8-6-7-15(2)13-17/h6-14H,5H2,1-4H3/b20-14-. The number of methoxy groups -OCH3 is 1. The Bertz CT molecular complexity index is 1060. The highest BCUT2D eigenvalue weighted by atomic mass is 16.5. The average Bonchev–Trinajstić information content (AvgIpc) is 2.97. The number of benzene rings is 2. The molecule has 0 aliphatic carbocycles. The molecule has 2 aromatic rings. The third kappa shape index (κ3) is 4.03. The summed E-state index contributed by atoms with van der Waals surface area (Å²) >= 11 is 0. The summed E-state index contributed by atoms with van der Waals surface area (Å²) in [5, 5.41) is 0. The molecule has 1 aliphatic heterocycles. The average molecular weight is 405 g/mol. The van der Waals surface area contributed by atoms with Crippen LogP contribution in [0.4, 0.5) is 5.69 Å². The van der Waals surface area contributed by atoms with Gasteiger partial charge in [-0.15, -0.1) is 0 Å². The van der Waals surface area contributed by atoms with Gasteiger partial charge in [0.05, 0.1) is 30.4 Å². The van der Waals surface area contributed by atoms with Crippen LogP contribution >= 0.6 is 0 Å². The van der Waals surface area contributed by atoms with Crippen molar-refractivity contribution in [1.82, 2.24) is 0 Å². The van der Waals surface area contributed by atoms with Crippen molar-refractivity contribution >= 4 is 29.6 Å². The molecule has 1 heterocycles. The summed E-state index contributed by atoms with van der Waals surface area (Å²) < 4.78 is 9.92. The van der Waals surface area contributed by atoms with Gasteiger partial charge in [-0.1, -0.05) is 29.8 Å². The zero-order chi connectivity index (χ0) is 21.8. The molecule has 30 heavy (non-hydrogen) atoms. The number of ether oxygens (including phenoxy) is 2. The lowest BCUT2D eigenvalue weighted by atomic mass is 10.0. The lowest BCUT2D eigenvalue weighted by molar-refractivity contribution is -0.136. The number of hydrogen-bond donors (Lipinski definition) is 0. The van der Waals surface area contributed by atoms with Crippen molar-refractivity contribution in [3.05, 3.63) is 82.1 Å². The fourth-order valence-corrected chi connectivity index (χ4v) is 3.38. The molecule has 0 radical (unpaired) electrons. The molecule has 0 aromatic heterocycles. The van der Waals surface area contributed by atoms with E-state index in [0.29, 0.717) is 16.9 Å². The number of aryl methyl sites for hydroxylation is 1. The second kappa shape index (κ2) is 8.78. The SMILES string of the molecule is CCOC(=O)c1ccc(N2C(=O)/C(=C\c3cccc(C)c3)C(C(=O)OC)=C2C)cc1. The first-order chi connectivity index (χ1) is 14.4. The van der Waals surface area contributed by atoms with Gasteiger partial charge in [-0.2, -0.15) is 0 Å². The van der Waals surface area contributed by atoms with Gasteiger partial charge < -0.3 is 9.47 Å². The fourth-order valence-electron chi connectivity index (χ4n) is 3.38. The molecule has 6 heteroatoms. The molecule has 0 saturated carbocycles. The topological polar surface area (TPSA) is 72.9 Å². The third-order valence-corrected chi connectivity index (χ3v) is 4.78. The third-order valence-electron chi connectivity index (χ3n) is 4.78. The van der Waals surface area contributed by atoms with Gasteiger partial charge in [-0.3, -0.25) is 9.69 Å². The Balaban J connectivity index is 2.04. The van der Waals surface area contributed by atoms with Crippen molar-refractivity contribution in [2.24, 2.45) is 0 Å². The number of nitrogens with zero attached hydrogens (tertiary/aromatic N) is 1. The molecule has 1 amide bonds. The van der Waals surface area contributed by atoms with Crippen molar-refractivity contribution in [2.45, 2.75) is 20.8 Å². The molecule has 3 rings (SSSR count). The van der Waals surface area contributed by atoms with Gasteiger partial charge in [0, 0.05) is 11.4 Å². The predicted molar refractivity (Wildman–Crippen MR) is 114 cm³/mol. The van der Waals surface area contributed by atoms with E-state index >= 15 is 0 Å². The van der Waals surface area contributed by atoms with Gasteiger partial charge in [-0.25, -0.2) is 9.59 Å². The lowest BCUT2D eigenvalue weighted by Gasteiger charge is -2.18. The molecule has 0 saturated heterocycles. The van der Waals surface area contributed by atoms with Gasteiger partial charge in [0.1, 0.15) is 0 Å². The quantitative estimate of drug-likeness (QED) is 0.554. The summed E-state index contributed by atoms with van der Waals surface area (Å²) in [6, 6.07) is 14.1. The maximum atomic E-state index is 13.3. The highest BCUT2D eigenvalue weighted by molar-refractivity contribution is 6.23. The van der Waals surface area contributed by atoms with Crippen LogP contribution in [0, 0.1) is 6.92 Å². The highest BCUT2D eigenvalue weighted by Gasteiger charge is 2.37. The van der Waals surface area contributed by atoms with E-state index < -0.39 is 11.9 Å². The van der Waals surface area contributed by atoms with E-state index in [4.69, 9.17) is 9.47 Å². The summed E-state index contributed by atoms with van der Waals surface area (Å²) in [5.41, 5.74) is 3.73. The van der Waals surface area contributed by atoms with E-state index in [1.54, 1.807) is 44.2 Å². The maximum Gasteiger partial charge on any atom is 0.340 e. The molecular weight excluding hydrogens is 382 g/mol. The van der Waals surface area contributed by atoms with Crippen LogP contribution in [-0.2, 0) is 19.1 Å². The normalized spacial score (nSPS) is 15.0. The number of rotatable bonds is 5. The Hall–Kier alpha value is -3.67. The zero-order valence-electron chi connectivity index (χ0n) is 17.4. The Kier molecular flexibility index (Phi) is 6.16. The van der Waals surface area contributed by atoms with Crippen LogP contribution in [0.5, 0.6) is 0 Å². The largest absolute Gasteiger partial charge is 0.465 e. The number of carbonyl (C=O) groups is 3. The summed E-state index contributed by atoms with van der Waals surface area (Å²) in [7, 11) is 1.29. The summed E-state index contributed by atoms with van der Waals surface area (Å²) in [5.74, 6) is -1.34. The molecule has 0 N–H and O–H groups in total. The van der Waals surface area contributed by atoms with Gasteiger partial charge in [-0.05, 0) is 56.7 Å². The minimum absolute atomic E-state index is 0.221.